The Morgan fingerprint density at radius 3 is 2.59 bits per heavy atom. The van der Waals surface area contributed by atoms with Gasteiger partial charge in [0.1, 0.15) is 5.82 Å². The molecule has 1 aromatic heterocycles. The molecule has 2 heterocycles. The number of ether oxygens (including phenoxy) is 2. The number of pyridine rings is 1. The zero-order chi connectivity index (χ0) is 23.9. The van der Waals surface area contributed by atoms with Gasteiger partial charge in [-0.15, -0.1) is 0 Å². The molecule has 5 nitrogen and oxygen atoms in total. The average molecular weight is 468 g/mol. The molecule has 34 heavy (non-hydrogen) atoms. The van der Waals surface area contributed by atoms with E-state index in [4.69, 9.17) is 9.47 Å². The minimum Gasteiger partial charge on any atom is -0.454 e. The number of rotatable bonds is 4. The van der Waals surface area contributed by atoms with Crippen LogP contribution in [0.3, 0.4) is 0 Å². The predicted octanol–water partition coefficient (Wildman–Crippen LogP) is 5.72. The van der Waals surface area contributed by atoms with Crippen molar-refractivity contribution in [3.8, 4) is 22.8 Å². The first-order valence-electron chi connectivity index (χ1n) is 10.2. The number of hydrogen-bond acceptors (Lipinski definition) is 4. The van der Waals surface area contributed by atoms with E-state index in [2.05, 4.69) is 10.3 Å². The Kier molecular flexibility index (Phi) is 5.31. The first-order chi connectivity index (χ1) is 16.3. The van der Waals surface area contributed by atoms with Crippen molar-refractivity contribution in [2.75, 3.05) is 6.79 Å². The standard InChI is InChI=1S/C25H16F4N2O3/c26-19-7-6-16(25(27,28)29)9-15(19)12-30-24(32)18-11-21(31-20-4-2-1-3-17(18)20)14-5-8-22-23(10-14)34-13-33-22/h1-11H,12-13H2,(H,30,32). The van der Waals surface area contributed by atoms with E-state index in [1.54, 1.807) is 48.5 Å². The number of benzene rings is 3. The summed E-state index contributed by atoms with van der Waals surface area (Å²) in [4.78, 5) is 17.7. The summed E-state index contributed by atoms with van der Waals surface area (Å²) in [6.07, 6.45) is -4.62. The van der Waals surface area contributed by atoms with Crippen LogP contribution in [0.4, 0.5) is 17.6 Å². The lowest BCUT2D eigenvalue weighted by Gasteiger charge is -2.13. The van der Waals surface area contributed by atoms with Crippen LogP contribution in [0, 0.1) is 5.82 Å². The number of halogens is 4. The van der Waals surface area contributed by atoms with Crippen molar-refractivity contribution in [3.63, 3.8) is 0 Å². The highest BCUT2D eigenvalue weighted by Crippen LogP contribution is 2.36. The number of para-hydroxylation sites is 1. The fraction of sp³-hybridized carbons (Fsp3) is 0.120. The van der Waals surface area contributed by atoms with E-state index in [0.29, 0.717) is 45.8 Å². The minimum atomic E-state index is -4.62. The van der Waals surface area contributed by atoms with Crippen LogP contribution in [0.25, 0.3) is 22.2 Å². The van der Waals surface area contributed by atoms with Crippen molar-refractivity contribution in [1.82, 2.24) is 10.3 Å². The van der Waals surface area contributed by atoms with E-state index in [-0.39, 0.29) is 17.9 Å². The van der Waals surface area contributed by atoms with Crippen LogP contribution in [-0.4, -0.2) is 17.7 Å². The summed E-state index contributed by atoms with van der Waals surface area (Å²) in [6, 6.07) is 15.9. The van der Waals surface area contributed by atoms with Gasteiger partial charge in [0.25, 0.3) is 5.91 Å². The van der Waals surface area contributed by atoms with Crippen molar-refractivity contribution in [3.05, 3.63) is 89.2 Å². The van der Waals surface area contributed by atoms with Crippen molar-refractivity contribution in [2.45, 2.75) is 12.7 Å². The van der Waals surface area contributed by atoms with Crippen LogP contribution < -0.4 is 14.8 Å². The van der Waals surface area contributed by atoms with E-state index in [1.165, 1.54) is 0 Å². The maximum atomic E-state index is 14.1. The number of fused-ring (bicyclic) bond motifs is 2. The molecule has 3 aromatic carbocycles. The zero-order valence-electron chi connectivity index (χ0n) is 17.4. The second-order valence-corrected chi connectivity index (χ2v) is 7.63. The Morgan fingerprint density at radius 2 is 1.76 bits per heavy atom. The smallest absolute Gasteiger partial charge is 0.416 e. The van der Waals surface area contributed by atoms with Crippen LogP contribution in [0.5, 0.6) is 11.5 Å². The maximum Gasteiger partial charge on any atom is 0.416 e. The summed E-state index contributed by atoms with van der Waals surface area (Å²) in [5.41, 5.74) is 0.731. The van der Waals surface area contributed by atoms with E-state index >= 15 is 0 Å². The predicted molar refractivity (Wildman–Crippen MR) is 116 cm³/mol. The Balaban J connectivity index is 1.48. The highest BCUT2D eigenvalue weighted by atomic mass is 19.4. The topological polar surface area (TPSA) is 60.5 Å². The fourth-order valence-electron chi connectivity index (χ4n) is 3.72. The van der Waals surface area contributed by atoms with Gasteiger partial charge in [-0.3, -0.25) is 4.79 Å². The average Bonchev–Trinajstić information content (AvgIpc) is 3.30. The summed E-state index contributed by atoms with van der Waals surface area (Å²) in [7, 11) is 0. The molecule has 0 spiro atoms. The molecule has 5 rings (SSSR count). The van der Waals surface area contributed by atoms with E-state index < -0.39 is 30.0 Å². The number of carbonyl (C=O) groups is 1. The minimum absolute atomic E-state index is 0.115. The molecule has 1 aliphatic rings. The van der Waals surface area contributed by atoms with Crippen LogP contribution in [-0.2, 0) is 12.7 Å². The third-order valence-corrected chi connectivity index (χ3v) is 5.44. The van der Waals surface area contributed by atoms with Crippen LogP contribution >= 0.6 is 0 Å². The largest absolute Gasteiger partial charge is 0.454 e. The first kappa shape index (κ1) is 21.7. The molecule has 1 N–H and O–H groups in total. The molecule has 1 amide bonds. The van der Waals surface area contributed by atoms with Crippen molar-refractivity contribution >= 4 is 16.8 Å². The number of carbonyl (C=O) groups excluding carboxylic acids is 1. The normalized spacial score (nSPS) is 12.7. The monoisotopic (exact) mass is 468 g/mol. The van der Waals surface area contributed by atoms with Gasteiger partial charge >= 0.3 is 6.18 Å². The zero-order valence-corrected chi connectivity index (χ0v) is 17.4. The van der Waals surface area contributed by atoms with Gasteiger partial charge in [-0.1, -0.05) is 18.2 Å². The molecule has 0 saturated heterocycles. The molecular weight excluding hydrogens is 452 g/mol. The molecule has 0 radical (unpaired) electrons. The molecule has 0 bridgehead atoms. The van der Waals surface area contributed by atoms with E-state index in [9.17, 15) is 22.4 Å². The Morgan fingerprint density at radius 1 is 0.971 bits per heavy atom. The van der Waals surface area contributed by atoms with Crippen molar-refractivity contribution < 1.29 is 31.8 Å². The van der Waals surface area contributed by atoms with E-state index in [0.717, 1.165) is 6.07 Å². The lowest BCUT2D eigenvalue weighted by atomic mass is 10.0. The fourth-order valence-corrected chi connectivity index (χ4v) is 3.72. The molecule has 0 unspecified atom stereocenters. The van der Waals surface area contributed by atoms with Gasteiger partial charge in [0, 0.05) is 23.1 Å². The number of amides is 1. The molecule has 0 atom stereocenters. The number of alkyl halides is 3. The summed E-state index contributed by atoms with van der Waals surface area (Å²) in [6.45, 7) is -0.297. The molecule has 4 aromatic rings. The lowest BCUT2D eigenvalue weighted by molar-refractivity contribution is -0.137. The quantitative estimate of drug-likeness (QED) is 0.390. The second-order valence-electron chi connectivity index (χ2n) is 7.63. The highest BCUT2D eigenvalue weighted by Gasteiger charge is 2.31. The van der Waals surface area contributed by atoms with Crippen LogP contribution in [0.1, 0.15) is 21.5 Å². The molecular formula is C25H16F4N2O3. The maximum absolute atomic E-state index is 14.1. The van der Waals surface area contributed by atoms with Gasteiger partial charge in [-0.25, -0.2) is 9.37 Å². The summed E-state index contributed by atoms with van der Waals surface area (Å²) >= 11 is 0. The van der Waals surface area contributed by atoms with Gasteiger partial charge < -0.3 is 14.8 Å². The number of nitrogens with zero attached hydrogens (tertiary/aromatic N) is 1. The third kappa shape index (κ3) is 4.12. The third-order valence-electron chi connectivity index (χ3n) is 5.44. The molecule has 0 saturated carbocycles. The lowest BCUT2D eigenvalue weighted by Crippen LogP contribution is -2.24. The molecule has 172 valence electrons. The van der Waals surface area contributed by atoms with Crippen molar-refractivity contribution in [1.29, 1.82) is 0 Å². The summed E-state index contributed by atoms with van der Waals surface area (Å²) in [5.74, 6) is -0.254. The Hall–Kier alpha value is -4.14. The van der Waals surface area contributed by atoms with Crippen molar-refractivity contribution in [2.24, 2.45) is 0 Å². The van der Waals surface area contributed by atoms with Crippen LogP contribution in [0.15, 0.2) is 66.7 Å². The molecule has 9 heteroatoms. The summed E-state index contributed by atoms with van der Waals surface area (Å²) in [5, 5.41) is 3.08. The molecule has 0 aliphatic carbocycles. The van der Waals surface area contributed by atoms with E-state index in [1.807, 2.05) is 0 Å². The van der Waals surface area contributed by atoms with Gasteiger partial charge in [0.05, 0.1) is 22.3 Å². The van der Waals surface area contributed by atoms with Gasteiger partial charge in [-0.2, -0.15) is 13.2 Å². The highest BCUT2D eigenvalue weighted by molar-refractivity contribution is 6.07. The second kappa shape index (κ2) is 8.33. The van der Waals surface area contributed by atoms with Crippen LogP contribution in [0.2, 0.25) is 0 Å². The number of hydrogen-bond donors (Lipinski definition) is 1. The Bertz CT molecular complexity index is 1420. The number of nitrogens with one attached hydrogen (secondary N) is 1. The first-order valence-corrected chi connectivity index (χ1v) is 10.2. The molecule has 0 fully saturated rings. The van der Waals surface area contributed by atoms with Gasteiger partial charge in [-0.05, 0) is 48.5 Å². The Labute approximate surface area is 191 Å². The summed E-state index contributed by atoms with van der Waals surface area (Å²) < 4.78 is 63.8. The SMILES string of the molecule is O=C(NCc1cc(C(F)(F)F)ccc1F)c1cc(-c2ccc3c(c2)OCO3)nc2ccccc12. The van der Waals surface area contributed by atoms with Gasteiger partial charge in [0.15, 0.2) is 11.5 Å². The number of aromatic nitrogens is 1. The molecule has 1 aliphatic heterocycles. The van der Waals surface area contributed by atoms with Gasteiger partial charge in [0.2, 0.25) is 6.79 Å².